The molecule has 1 aromatic carbocycles. The molecule has 1 aliphatic heterocycles. The number of carbonyl (C=O) groups is 1. The molecule has 1 aliphatic rings. The van der Waals surface area contributed by atoms with Crippen molar-refractivity contribution >= 4 is 25.8 Å². The van der Waals surface area contributed by atoms with Gasteiger partial charge in [0.25, 0.3) is 0 Å². The average Bonchev–Trinajstić information content (AvgIpc) is 2.27. The fourth-order valence-corrected chi connectivity index (χ4v) is 3.93. The smallest absolute Gasteiger partial charge is 0.324 e. The van der Waals surface area contributed by atoms with E-state index in [-0.39, 0.29) is 6.42 Å². The Morgan fingerprint density at radius 1 is 1.37 bits per heavy atom. The molecule has 0 bridgehead atoms. The second-order valence-corrected chi connectivity index (χ2v) is 6.87. The summed E-state index contributed by atoms with van der Waals surface area (Å²) in [6, 6.07) is 6.97. The van der Waals surface area contributed by atoms with Crippen molar-refractivity contribution in [3.8, 4) is 5.75 Å². The van der Waals surface area contributed by atoms with E-state index < -0.39 is 20.7 Å². The standard InChI is InChI=1S/C12H14ClNO4S/c1-3-18-10-6-4-9(5-7-10)12(2)8-11(15)14(12)19(13,16)17/h4-7H,3,8H2,1-2H3. The van der Waals surface area contributed by atoms with Gasteiger partial charge in [-0.1, -0.05) is 12.1 Å². The van der Waals surface area contributed by atoms with Gasteiger partial charge in [-0.05, 0) is 31.5 Å². The molecule has 0 saturated carbocycles. The number of hydrogen-bond acceptors (Lipinski definition) is 4. The first-order valence-corrected chi connectivity index (χ1v) is 8.07. The Morgan fingerprint density at radius 3 is 2.37 bits per heavy atom. The van der Waals surface area contributed by atoms with Gasteiger partial charge in [-0.15, -0.1) is 0 Å². The van der Waals surface area contributed by atoms with Gasteiger partial charge in [-0.3, -0.25) is 4.79 Å². The van der Waals surface area contributed by atoms with Crippen LogP contribution in [-0.4, -0.2) is 25.2 Å². The van der Waals surface area contributed by atoms with Crippen molar-refractivity contribution in [2.24, 2.45) is 0 Å². The minimum Gasteiger partial charge on any atom is -0.494 e. The predicted octanol–water partition coefficient (Wildman–Crippen LogP) is 2.02. The van der Waals surface area contributed by atoms with Gasteiger partial charge in [-0.2, -0.15) is 8.42 Å². The maximum atomic E-state index is 11.5. The molecule has 0 aromatic heterocycles. The van der Waals surface area contributed by atoms with Crippen LogP contribution >= 0.6 is 10.7 Å². The molecular weight excluding hydrogens is 290 g/mol. The molecule has 7 heteroatoms. The maximum absolute atomic E-state index is 11.5. The quantitative estimate of drug-likeness (QED) is 0.630. The van der Waals surface area contributed by atoms with Crippen LogP contribution in [0, 0.1) is 0 Å². The zero-order valence-corrected chi connectivity index (χ0v) is 12.2. The fraction of sp³-hybridized carbons (Fsp3) is 0.417. The number of nitrogens with zero attached hydrogens (tertiary/aromatic N) is 1. The third-order valence-corrected chi connectivity index (χ3v) is 4.63. The molecule has 0 N–H and O–H groups in total. The Labute approximate surface area is 116 Å². The zero-order valence-electron chi connectivity index (χ0n) is 10.6. The maximum Gasteiger partial charge on any atom is 0.324 e. The summed E-state index contributed by atoms with van der Waals surface area (Å²) in [5, 5.41) is 0. The summed E-state index contributed by atoms with van der Waals surface area (Å²) in [6.45, 7) is 4.10. The summed E-state index contributed by atoms with van der Waals surface area (Å²) in [7, 11) is 1.23. The van der Waals surface area contributed by atoms with E-state index in [0.29, 0.717) is 17.9 Å². The molecule has 1 atom stereocenters. The molecule has 2 rings (SSSR count). The van der Waals surface area contributed by atoms with Crippen molar-refractivity contribution in [2.75, 3.05) is 6.61 Å². The van der Waals surface area contributed by atoms with Gasteiger partial charge in [0.2, 0.25) is 5.91 Å². The van der Waals surface area contributed by atoms with E-state index in [9.17, 15) is 13.2 Å². The highest BCUT2D eigenvalue weighted by atomic mass is 35.7. The minimum absolute atomic E-state index is 0.118. The van der Waals surface area contributed by atoms with E-state index in [1.807, 2.05) is 6.92 Å². The Hall–Kier alpha value is -1.27. The third-order valence-electron chi connectivity index (χ3n) is 3.18. The average molecular weight is 304 g/mol. The number of amides is 1. The van der Waals surface area contributed by atoms with E-state index in [0.717, 1.165) is 4.31 Å². The molecule has 1 heterocycles. The van der Waals surface area contributed by atoms with Gasteiger partial charge >= 0.3 is 9.24 Å². The SMILES string of the molecule is CCOc1ccc(C2(C)CC(=O)N2S(=O)(=O)Cl)cc1. The van der Waals surface area contributed by atoms with Crippen LogP contribution < -0.4 is 4.74 Å². The lowest BCUT2D eigenvalue weighted by molar-refractivity contribution is -0.144. The minimum atomic E-state index is -4.07. The summed E-state index contributed by atoms with van der Waals surface area (Å²) in [5.74, 6) is 0.201. The Morgan fingerprint density at radius 2 is 1.95 bits per heavy atom. The summed E-state index contributed by atoms with van der Waals surface area (Å²) in [4.78, 5) is 11.5. The molecule has 1 unspecified atom stereocenters. The number of carbonyl (C=O) groups excluding carboxylic acids is 1. The first-order chi connectivity index (χ1) is 8.79. The molecule has 104 valence electrons. The largest absolute Gasteiger partial charge is 0.494 e. The van der Waals surface area contributed by atoms with Crippen LogP contribution in [0.4, 0.5) is 0 Å². The number of benzene rings is 1. The van der Waals surface area contributed by atoms with E-state index >= 15 is 0 Å². The predicted molar refractivity (Wildman–Crippen MR) is 71.2 cm³/mol. The molecule has 19 heavy (non-hydrogen) atoms. The molecule has 0 spiro atoms. The monoisotopic (exact) mass is 303 g/mol. The second kappa shape index (κ2) is 4.68. The number of rotatable bonds is 4. The van der Waals surface area contributed by atoms with Crippen molar-refractivity contribution in [1.82, 2.24) is 4.31 Å². The molecule has 1 fully saturated rings. The van der Waals surface area contributed by atoms with Crippen LogP contribution in [0.3, 0.4) is 0 Å². The summed E-state index contributed by atoms with van der Waals surface area (Å²) in [6.07, 6.45) is 0.118. The number of ether oxygens (including phenoxy) is 1. The van der Waals surface area contributed by atoms with Gasteiger partial charge in [0.15, 0.2) is 0 Å². The highest BCUT2D eigenvalue weighted by Crippen LogP contribution is 2.44. The third kappa shape index (κ3) is 2.42. The summed E-state index contributed by atoms with van der Waals surface area (Å²) in [5.41, 5.74) is -0.206. The van der Waals surface area contributed by atoms with Gasteiger partial charge in [0, 0.05) is 10.7 Å². The molecule has 1 amide bonds. The van der Waals surface area contributed by atoms with Crippen molar-refractivity contribution in [3.05, 3.63) is 29.8 Å². The van der Waals surface area contributed by atoms with Gasteiger partial charge in [0.1, 0.15) is 5.75 Å². The highest BCUT2D eigenvalue weighted by Gasteiger charge is 2.54. The fourth-order valence-electron chi connectivity index (χ4n) is 2.28. The van der Waals surface area contributed by atoms with E-state index in [4.69, 9.17) is 15.4 Å². The lowest BCUT2D eigenvalue weighted by atomic mass is 9.82. The Kier molecular flexibility index (Phi) is 3.49. The van der Waals surface area contributed by atoms with Gasteiger partial charge < -0.3 is 4.74 Å². The highest BCUT2D eigenvalue weighted by molar-refractivity contribution is 8.12. The normalized spacial score (nSPS) is 23.1. The number of β-lactam (4-membered cyclic amide) rings is 1. The number of halogens is 1. The molecule has 0 aliphatic carbocycles. The zero-order chi connectivity index (χ0) is 14.3. The van der Waals surface area contributed by atoms with Crippen molar-refractivity contribution in [1.29, 1.82) is 0 Å². The van der Waals surface area contributed by atoms with Crippen molar-refractivity contribution in [2.45, 2.75) is 25.8 Å². The summed E-state index contributed by atoms with van der Waals surface area (Å²) >= 11 is 0. The van der Waals surface area contributed by atoms with E-state index in [1.54, 1.807) is 31.2 Å². The van der Waals surface area contributed by atoms with Crippen molar-refractivity contribution in [3.63, 3.8) is 0 Å². The lowest BCUT2D eigenvalue weighted by Crippen LogP contribution is -2.60. The molecular formula is C12H14ClNO4S. The molecule has 0 radical (unpaired) electrons. The van der Waals surface area contributed by atoms with Crippen LogP contribution in [0.2, 0.25) is 0 Å². The van der Waals surface area contributed by atoms with Crippen LogP contribution in [-0.2, 0) is 19.6 Å². The summed E-state index contributed by atoms with van der Waals surface area (Å²) < 4.78 is 28.9. The number of hydrogen-bond donors (Lipinski definition) is 0. The molecule has 1 saturated heterocycles. The Balaban J connectivity index is 2.33. The molecule has 1 aromatic rings. The van der Waals surface area contributed by atoms with Crippen LogP contribution in [0.5, 0.6) is 5.75 Å². The van der Waals surface area contributed by atoms with Gasteiger partial charge in [-0.25, -0.2) is 4.31 Å². The Bertz CT molecular complexity index is 599. The van der Waals surface area contributed by atoms with E-state index in [1.165, 1.54) is 0 Å². The van der Waals surface area contributed by atoms with Gasteiger partial charge in [0.05, 0.1) is 18.6 Å². The van der Waals surface area contributed by atoms with E-state index in [2.05, 4.69) is 0 Å². The second-order valence-electron chi connectivity index (χ2n) is 4.51. The first kappa shape index (κ1) is 14.1. The molecule has 5 nitrogen and oxygen atoms in total. The van der Waals surface area contributed by atoms with Crippen LogP contribution in [0.15, 0.2) is 24.3 Å². The first-order valence-electron chi connectivity index (χ1n) is 5.80. The van der Waals surface area contributed by atoms with Crippen LogP contribution in [0.1, 0.15) is 25.8 Å². The lowest BCUT2D eigenvalue weighted by Gasteiger charge is -2.47. The van der Waals surface area contributed by atoms with Crippen LogP contribution in [0.25, 0.3) is 0 Å². The topological polar surface area (TPSA) is 63.7 Å². The van der Waals surface area contributed by atoms with Crippen molar-refractivity contribution < 1.29 is 17.9 Å².